The van der Waals surface area contributed by atoms with E-state index in [-0.39, 0.29) is 0 Å². The molecular formula is C55H38F3N3. The Morgan fingerprint density at radius 2 is 0.984 bits per heavy atom. The number of halogens is 3. The second-order valence-electron chi connectivity index (χ2n) is 15.5. The Morgan fingerprint density at radius 3 is 1.69 bits per heavy atom. The zero-order valence-corrected chi connectivity index (χ0v) is 33.5. The number of hydrogen-bond donors (Lipinski definition) is 0. The number of aryl methyl sites for hydroxylation is 2. The third-order valence-corrected chi connectivity index (χ3v) is 11.4. The molecule has 0 amide bonds. The second kappa shape index (κ2) is 15.2. The van der Waals surface area contributed by atoms with Crippen LogP contribution in [0.2, 0.25) is 0 Å². The van der Waals surface area contributed by atoms with Gasteiger partial charge in [-0.2, -0.15) is 13.2 Å². The van der Waals surface area contributed by atoms with Crippen LogP contribution in [0.1, 0.15) is 16.7 Å². The zero-order chi connectivity index (χ0) is 41.7. The molecule has 6 heteroatoms. The number of rotatable bonds is 7. The molecule has 0 aliphatic rings. The van der Waals surface area contributed by atoms with Crippen molar-refractivity contribution >= 4 is 21.8 Å². The number of benzene rings is 8. The van der Waals surface area contributed by atoms with Crippen LogP contribution in [0.15, 0.2) is 194 Å². The highest BCUT2D eigenvalue weighted by atomic mass is 19.4. The van der Waals surface area contributed by atoms with Gasteiger partial charge in [-0.1, -0.05) is 151 Å². The highest BCUT2D eigenvalue weighted by Crippen LogP contribution is 2.46. The molecule has 0 radical (unpaired) electrons. The average Bonchev–Trinajstić information content (AvgIpc) is 3.62. The summed E-state index contributed by atoms with van der Waals surface area (Å²) >= 11 is 0. The molecular weight excluding hydrogens is 760 g/mol. The van der Waals surface area contributed by atoms with Gasteiger partial charge in [0.05, 0.1) is 33.7 Å². The smallest absolute Gasteiger partial charge is 0.308 e. The lowest BCUT2D eigenvalue weighted by Crippen LogP contribution is -2.06. The van der Waals surface area contributed by atoms with E-state index in [1.165, 1.54) is 17.7 Å². The van der Waals surface area contributed by atoms with E-state index in [9.17, 15) is 13.2 Å². The molecule has 0 aliphatic heterocycles. The summed E-state index contributed by atoms with van der Waals surface area (Å²) < 4.78 is 46.0. The monoisotopic (exact) mass is 797 g/mol. The van der Waals surface area contributed by atoms with Gasteiger partial charge >= 0.3 is 6.18 Å². The molecule has 0 atom stereocenters. The molecule has 3 nitrogen and oxygen atoms in total. The van der Waals surface area contributed by atoms with E-state index in [1.807, 2.05) is 97.1 Å². The molecule has 2 heterocycles. The Bertz CT molecular complexity index is 3200. The molecule has 0 unspecified atom stereocenters. The van der Waals surface area contributed by atoms with E-state index < -0.39 is 11.7 Å². The minimum atomic E-state index is -4.55. The summed E-state index contributed by atoms with van der Waals surface area (Å²) in [6, 6.07) is 63.0. The van der Waals surface area contributed by atoms with Gasteiger partial charge in [0, 0.05) is 38.6 Å². The number of hydrogen-bond acceptors (Lipinski definition) is 2. The van der Waals surface area contributed by atoms with E-state index in [4.69, 9.17) is 9.97 Å². The van der Waals surface area contributed by atoms with Crippen LogP contribution < -0.4 is 0 Å². The molecule has 61 heavy (non-hydrogen) atoms. The molecule has 2 aromatic heterocycles. The molecule has 10 rings (SSSR count). The predicted octanol–water partition coefficient (Wildman–Crippen LogP) is 15.2. The fourth-order valence-electron chi connectivity index (χ4n) is 8.49. The van der Waals surface area contributed by atoms with Crippen molar-refractivity contribution in [2.24, 2.45) is 0 Å². The predicted molar refractivity (Wildman–Crippen MR) is 243 cm³/mol. The van der Waals surface area contributed by atoms with Crippen molar-refractivity contribution in [3.63, 3.8) is 0 Å². The maximum Gasteiger partial charge on any atom is 0.416 e. The molecule has 8 aromatic carbocycles. The van der Waals surface area contributed by atoms with Crippen LogP contribution in [-0.4, -0.2) is 14.5 Å². The Balaban J connectivity index is 1.33. The second-order valence-corrected chi connectivity index (χ2v) is 15.5. The van der Waals surface area contributed by atoms with E-state index in [0.717, 1.165) is 83.8 Å². The maximum absolute atomic E-state index is 14.6. The van der Waals surface area contributed by atoms with Gasteiger partial charge in [0.25, 0.3) is 0 Å². The number of alkyl halides is 3. The van der Waals surface area contributed by atoms with Gasteiger partial charge < -0.3 is 4.57 Å². The third-order valence-electron chi connectivity index (χ3n) is 11.4. The van der Waals surface area contributed by atoms with Crippen LogP contribution in [0, 0.1) is 13.8 Å². The van der Waals surface area contributed by atoms with Gasteiger partial charge in [-0.05, 0) is 90.2 Å². The first-order chi connectivity index (χ1) is 29.7. The summed E-state index contributed by atoms with van der Waals surface area (Å²) in [4.78, 5) is 10.2. The molecule has 0 spiro atoms. The minimum Gasteiger partial charge on any atom is -0.308 e. The summed E-state index contributed by atoms with van der Waals surface area (Å²) in [5.41, 5.74) is 13.1. The first kappa shape index (κ1) is 37.7. The summed E-state index contributed by atoms with van der Waals surface area (Å²) in [6.45, 7) is 4.17. The summed E-state index contributed by atoms with van der Waals surface area (Å²) in [6.07, 6.45) is -4.55. The number of fused-ring (bicyclic) bond motifs is 3. The Morgan fingerprint density at radius 1 is 0.410 bits per heavy atom. The molecule has 0 fully saturated rings. The molecule has 0 saturated heterocycles. The van der Waals surface area contributed by atoms with Gasteiger partial charge in [0.15, 0.2) is 5.82 Å². The molecule has 10 aromatic rings. The molecule has 0 aliphatic carbocycles. The Hall–Kier alpha value is -7.57. The maximum atomic E-state index is 14.6. The molecule has 0 bridgehead atoms. The van der Waals surface area contributed by atoms with Gasteiger partial charge in [0.1, 0.15) is 0 Å². The zero-order valence-electron chi connectivity index (χ0n) is 33.5. The number of aromatic nitrogens is 3. The van der Waals surface area contributed by atoms with Crippen LogP contribution in [0.25, 0.3) is 94.8 Å². The Kier molecular flexibility index (Phi) is 9.41. The lowest BCUT2D eigenvalue weighted by molar-refractivity contribution is -0.137. The molecule has 294 valence electrons. The van der Waals surface area contributed by atoms with Crippen molar-refractivity contribution < 1.29 is 13.2 Å². The van der Waals surface area contributed by atoms with Crippen LogP contribution in [0.3, 0.4) is 0 Å². The standard InChI is InChI=1S/C55H38F3N3/c1-35-15-13-21-39(29-35)46-32-42(50-34-49(37-17-5-3-6-18-37)59-54(60-50)38-19-7-4-8-20-38)33-47(40-22-14-23-43(30-40)55(56,57)58)53(46)61-51-26-12-11-25-45(51)48-31-41(27-28-52(48)61)44-24-10-9-16-36(44)2/h3-34H,1-2H3. The van der Waals surface area contributed by atoms with Crippen molar-refractivity contribution in [3.05, 3.63) is 211 Å². The highest BCUT2D eigenvalue weighted by Gasteiger charge is 2.31. The first-order valence-corrected chi connectivity index (χ1v) is 20.2. The van der Waals surface area contributed by atoms with Crippen molar-refractivity contribution in [1.82, 2.24) is 14.5 Å². The van der Waals surface area contributed by atoms with Crippen molar-refractivity contribution in [1.29, 1.82) is 0 Å². The van der Waals surface area contributed by atoms with E-state index in [1.54, 1.807) is 6.07 Å². The SMILES string of the molecule is Cc1cccc(-c2cc(-c3cc(-c4ccccc4)nc(-c4ccccc4)n3)cc(-c3cccc(C(F)(F)F)c3)c2-n2c3ccccc3c3cc(-c4ccccc4C)ccc32)c1. The van der Waals surface area contributed by atoms with Crippen molar-refractivity contribution in [2.75, 3.05) is 0 Å². The average molecular weight is 798 g/mol. The number of para-hydroxylation sites is 1. The third kappa shape index (κ3) is 7.06. The quantitative estimate of drug-likeness (QED) is 0.161. The summed E-state index contributed by atoms with van der Waals surface area (Å²) in [5.74, 6) is 0.547. The van der Waals surface area contributed by atoms with Crippen molar-refractivity contribution in [3.8, 4) is 73.0 Å². The fraction of sp³-hybridized carbons (Fsp3) is 0.0545. The van der Waals surface area contributed by atoms with Crippen LogP contribution in [0.5, 0.6) is 0 Å². The van der Waals surface area contributed by atoms with Gasteiger partial charge in [0.2, 0.25) is 0 Å². The summed E-state index contributed by atoms with van der Waals surface area (Å²) in [7, 11) is 0. The van der Waals surface area contributed by atoms with Gasteiger partial charge in [-0.15, -0.1) is 0 Å². The van der Waals surface area contributed by atoms with Crippen LogP contribution in [-0.2, 0) is 6.18 Å². The topological polar surface area (TPSA) is 30.7 Å². The van der Waals surface area contributed by atoms with E-state index >= 15 is 0 Å². The molecule has 0 N–H and O–H groups in total. The van der Waals surface area contributed by atoms with E-state index in [0.29, 0.717) is 22.6 Å². The fourth-order valence-corrected chi connectivity index (χ4v) is 8.49. The van der Waals surface area contributed by atoms with Crippen LogP contribution >= 0.6 is 0 Å². The van der Waals surface area contributed by atoms with Gasteiger partial charge in [-0.3, -0.25) is 0 Å². The summed E-state index contributed by atoms with van der Waals surface area (Å²) in [5, 5.41) is 2.08. The normalized spacial score (nSPS) is 11.7. The van der Waals surface area contributed by atoms with Gasteiger partial charge in [-0.25, -0.2) is 9.97 Å². The minimum absolute atomic E-state index is 0.434. The highest BCUT2D eigenvalue weighted by molar-refractivity contribution is 6.12. The largest absolute Gasteiger partial charge is 0.416 e. The van der Waals surface area contributed by atoms with Crippen LogP contribution in [0.4, 0.5) is 13.2 Å². The molecule has 0 saturated carbocycles. The lowest BCUT2D eigenvalue weighted by atomic mass is 9.90. The Labute approximate surface area is 352 Å². The number of nitrogens with zero attached hydrogens (tertiary/aromatic N) is 3. The van der Waals surface area contributed by atoms with Crippen molar-refractivity contribution in [2.45, 2.75) is 20.0 Å². The first-order valence-electron chi connectivity index (χ1n) is 20.2. The lowest BCUT2D eigenvalue weighted by Gasteiger charge is -2.22. The van der Waals surface area contributed by atoms with E-state index in [2.05, 4.69) is 91.2 Å².